The topological polar surface area (TPSA) is 112 Å². The Morgan fingerprint density at radius 3 is 2.54 bits per heavy atom. The van der Waals surface area contributed by atoms with E-state index in [4.69, 9.17) is 19.9 Å². The van der Waals surface area contributed by atoms with Crippen LogP contribution in [0.5, 0.6) is 17.2 Å². The summed E-state index contributed by atoms with van der Waals surface area (Å²) in [6.07, 6.45) is 3.41. The summed E-state index contributed by atoms with van der Waals surface area (Å²) in [6, 6.07) is 10.8. The van der Waals surface area contributed by atoms with E-state index in [1.807, 2.05) is 0 Å². The molecule has 0 aliphatic heterocycles. The number of carbonyl (C=O) groups excluding carboxylic acids is 2. The third-order valence-corrected chi connectivity index (χ3v) is 3.64. The molecule has 0 atom stereocenters. The summed E-state index contributed by atoms with van der Waals surface area (Å²) < 4.78 is 16.3. The molecule has 0 spiro atoms. The molecule has 2 aromatic rings. The molecular formula is C20H23N3O5. The van der Waals surface area contributed by atoms with Crippen molar-refractivity contribution < 1.29 is 23.8 Å². The molecule has 2 amide bonds. The second kappa shape index (κ2) is 10.6. The summed E-state index contributed by atoms with van der Waals surface area (Å²) in [5.74, 6) is 0.790. The Balaban J connectivity index is 2.04. The van der Waals surface area contributed by atoms with E-state index in [0.29, 0.717) is 29.2 Å². The molecule has 0 saturated heterocycles. The fourth-order valence-electron chi connectivity index (χ4n) is 2.20. The Kier molecular flexibility index (Phi) is 7.83. The maximum Gasteiger partial charge on any atom is 0.343 e. The number of hydrogen-bond donors (Lipinski definition) is 2. The van der Waals surface area contributed by atoms with Crippen LogP contribution in [0, 0.1) is 0 Å². The van der Waals surface area contributed by atoms with Gasteiger partial charge < -0.3 is 19.9 Å². The largest absolute Gasteiger partial charge is 0.494 e. The average Bonchev–Trinajstić information content (AvgIpc) is 2.69. The summed E-state index contributed by atoms with van der Waals surface area (Å²) in [7, 11) is 1.46. The number of rotatable bonds is 9. The molecule has 0 bridgehead atoms. The van der Waals surface area contributed by atoms with Crippen LogP contribution in [0.25, 0.3) is 0 Å². The number of carbonyl (C=O) groups is 2. The van der Waals surface area contributed by atoms with E-state index in [2.05, 4.69) is 17.5 Å². The molecule has 8 heteroatoms. The van der Waals surface area contributed by atoms with Crippen molar-refractivity contribution in [2.24, 2.45) is 10.8 Å². The maximum absolute atomic E-state index is 12.4. The number of hydrazone groups is 1. The van der Waals surface area contributed by atoms with Gasteiger partial charge in [0.1, 0.15) is 5.75 Å². The van der Waals surface area contributed by atoms with Gasteiger partial charge in [0.25, 0.3) is 0 Å². The Labute approximate surface area is 163 Å². The summed E-state index contributed by atoms with van der Waals surface area (Å²) >= 11 is 0. The number of nitrogens with one attached hydrogen (secondary N) is 1. The van der Waals surface area contributed by atoms with Crippen LogP contribution in [0.3, 0.4) is 0 Å². The van der Waals surface area contributed by atoms with Crippen LogP contribution >= 0.6 is 0 Å². The summed E-state index contributed by atoms with van der Waals surface area (Å²) in [5, 5.41) is 3.66. The second-order valence-electron chi connectivity index (χ2n) is 5.76. The number of benzene rings is 2. The van der Waals surface area contributed by atoms with E-state index in [9.17, 15) is 9.59 Å². The minimum Gasteiger partial charge on any atom is -0.494 e. The summed E-state index contributed by atoms with van der Waals surface area (Å²) in [6.45, 7) is 2.73. The van der Waals surface area contributed by atoms with Gasteiger partial charge in [-0.25, -0.2) is 15.0 Å². The number of nitrogens with two attached hydrogens (primary N) is 1. The molecule has 0 unspecified atom stereocenters. The van der Waals surface area contributed by atoms with E-state index < -0.39 is 12.0 Å². The minimum absolute atomic E-state index is 0.260. The van der Waals surface area contributed by atoms with Crippen LogP contribution in [0.2, 0.25) is 0 Å². The molecule has 0 aliphatic rings. The van der Waals surface area contributed by atoms with Crippen molar-refractivity contribution in [1.82, 2.24) is 5.43 Å². The number of ether oxygens (including phenoxy) is 3. The maximum atomic E-state index is 12.4. The van der Waals surface area contributed by atoms with E-state index >= 15 is 0 Å². The highest BCUT2D eigenvalue weighted by atomic mass is 16.6. The zero-order chi connectivity index (χ0) is 20.4. The third-order valence-electron chi connectivity index (χ3n) is 3.64. The van der Waals surface area contributed by atoms with Crippen LogP contribution in [0.4, 0.5) is 4.79 Å². The summed E-state index contributed by atoms with van der Waals surface area (Å²) in [5.41, 5.74) is 8.04. The smallest absolute Gasteiger partial charge is 0.343 e. The van der Waals surface area contributed by atoms with Crippen molar-refractivity contribution in [2.45, 2.75) is 19.8 Å². The van der Waals surface area contributed by atoms with Gasteiger partial charge in [0.05, 0.1) is 25.5 Å². The molecule has 0 fully saturated rings. The predicted molar refractivity (Wildman–Crippen MR) is 105 cm³/mol. The van der Waals surface area contributed by atoms with Gasteiger partial charge in [0.2, 0.25) is 0 Å². The van der Waals surface area contributed by atoms with Crippen molar-refractivity contribution in [3.05, 3.63) is 53.6 Å². The first-order valence-electron chi connectivity index (χ1n) is 8.75. The molecule has 0 heterocycles. The first-order chi connectivity index (χ1) is 13.5. The van der Waals surface area contributed by atoms with Gasteiger partial charge in [-0.15, -0.1) is 0 Å². The zero-order valence-corrected chi connectivity index (χ0v) is 15.8. The number of hydrogen-bond acceptors (Lipinski definition) is 6. The Bertz CT molecular complexity index is 834. The first kappa shape index (κ1) is 20.8. The SMILES string of the molecule is CCCCOc1ccc(C(=O)Oc2ccc(/C=N/NC(N)=O)cc2OC)cc1. The number of unbranched alkanes of at least 4 members (excludes halogenated alkanes) is 1. The van der Waals surface area contributed by atoms with Crippen LogP contribution < -0.4 is 25.4 Å². The first-order valence-corrected chi connectivity index (χ1v) is 8.75. The fraction of sp³-hybridized carbons (Fsp3) is 0.250. The highest BCUT2D eigenvalue weighted by Crippen LogP contribution is 2.28. The van der Waals surface area contributed by atoms with E-state index in [0.717, 1.165) is 12.8 Å². The van der Waals surface area contributed by atoms with Crippen molar-refractivity contribution in [2.75, 3.05) is 13.7 Å². The van der Waals surface area contributed by atoms with Gasteiger partial charge in [-0.05, 0) is 54.4 Å². The molecule has 28 heavy (non-hydrogen) atoms. The summed E-state index contributed by atoms with van der Waals surface area (Å²) in [4.78, 5) is 23.0. The van der Waals surface area contributed by atoms with Gasteiger partial charge in [0.15, 0.2) is 11.5 Å². The van der Waals surface area contributed by atoms with Gasteiger partial charge in [-0.1, -0.05) is 13.3 Å². The molecule has 0 aromatic heterocycles. The van der Waals surface area contributed by atoms with Crippen LogP contribution in [0.15, 0.2) is 47.6 Å². The fourth-order valence-corrected chi connectivity index (χ4v) is 2.20. The molecule has 8 nitrogen and oxygen atoms in total. The molecule has 2 aromatic carbocycles. The lowest BCUT2D eigenvalue weighted by Crippen LogP contribution is -2.24. The Morgan fingerprint density at radius 1 is 1.14 bits per heavy atom. The van der Waals surface area contributed by atoms with E-state index in [1.54, 1.807) is 42.5 Å². The monoisotopic (exact) mass is 385 g/mol. The van der Waals surface area contributed by atoms with Crippen molar-refractivity contribution >= 4 is 18.2 Å². The second-order valence-corrected chi connectivity index (χ2v) is 5.76. The van der Waals surface area contributed by atoms with Gasteiger partial charge in [-0.2, -0.15) is 5.10 Å². The van der Waals surface area contributed by atoms with Crippen molar-refractivity contribution in [1.29, 1.82) is 0 Å². The predicted octanol–water partition coefficient (Wildman–Crippen LogP) is 3.10. The van der Waals surface area contributed by atoms with Crippen LogP contribution in [-0.4, -0.2) is 31.9 Å². The standard InChI is InChI=1S/C20H23N3O5/c1-3-4-11-27-16-8-6-15(7-9-16)19(24)28-17-10-5-14(12-18(17)26-2)13-22-23-20(21)25/h5-10,12-13H,3-4,11H2,1-2H3,(H3,21,23,25)/b22-13+. The number of urea groups is 1. The lowest BCUT2D eigenvalue weighted by molar-refractivity contribution is 0.0729. The molecule has 148 valence electrons. The van der Waals surface area contributed by atoms with Crippen molar-refractivity contribution in [3.63, 3.8) is 0 Å². The lowest BCUT2D eigenvalue weighted by atomic mass is 10.2. The zero-order valence-electron chi connectivity index (χ0n) is 15.8. The van der Waals surface area contributed by atoms with E-state index in [-0.39, 0.29) is 5.75 Å². The average molecular weight is 385 g/mol. The molecule has 0 saturated carbocycles. The number of nitrogens with zero attached hydrogens (tertiary/aromatic N) is 1. The Morgan fingerprint density at radius 2 is 1.89 bits per heavy atom. The molecule has 0 radical (unpaired) electrons. The van der Waals surface area contributed by atoms with Crippen molar-refractivity contribution in [3.8, 4) is 17.2 Å². The molecular weight excluding hydrogens is 362 g/mol. The van der Waals surface area contributed by atoms with Gasteiger partial charge >= 0.3 is 12.0 Å². The molecule has 2 rings (SSSR count). The van der Waals surface area contributed by atoms with Gasteiger partial charge in [0, 0.05) is 0 Å². The minimum atomic E-state index is -0.768. The van der Waals surface area contributed by atoms with E-state index in [1.165, 1.54) is 13.3 Å². The van der Waals surface area contributed by atoms with Crippen LogP contribution in [-0.2, 0) is 0 Å². The highest BCUT2D eigenvalue weighted by Gasteiger charge is 2.13. The third kappa shape index (κ3) is 6.31. The molecule has 0 aliphatic carbocycles. The number of esters is 1. The van der Waals surface area contributed by atoms with Gasteiger partial charge in [-0.3, -0.25) is 0 Å². The van der Waals surface area contributed by atoms with Crippen LogP contribution in [0.1, 0.15) is 35.7 Å². The highest BCUT2D eigenvalue weighted by molar-refractivity contribution is 5.91. The molecule has 3 N–H and O–H groups in total. The number of primary amides is 1. The normalized spacial score (nSPS) is 10.5. The number of methoxy groups -OCH3 is 1. The lowest BCUT2D eigenvalue weighted by Gasteiger charge is -2.10. The number of amides is 2. The quantitative estimate of drug-likeness (QED) is 0.226. The Hall–Kier alpha value is -3.55.